The Labute approximate surface area is 148 Å². The summed E-state index contributed by atoms with van der Waals surface area (Å²) in [6, 6.07) is 14.4. The molecule has 2 N–H and O–H groups in total. The van der Waals surface area contributed by atoms with E-state index in [0.29, 0.717) is 16.4 Å². The molecule has 25 heavy (non-hydrogen) atoms. The molecular weight excluding hydrogens is 338 g/mol. The summed E-state index contributed by atoms with van der Waals surface area (Å²) in [5, 5.41) is 15.8. The first-order valence-electron chi connectivity index (χ1n) is 7.39. The average molecular weight is 353 g/mol. The van der Waals surface area contributed by atoms with Crippen molar-refractivity contribution >= 4 is 28.7 Å². The highest BCUT2D eigenvalue weighted by atomic mass is 32.1. The highest BCUT2D eigenvalue weighted by Crippen LogP contribution is 2.24. The zero-order valence-corrected chi connectivity index (χ0v) is 14.2. The van der Waals surface area contributed by atoms with E-state index in [9.17, 15) is 4.79 Å². The number of carboxylic acids is 1. The number of rotatable bonds is 6. The van der Waals surface area contributed by atoms with Gasteiger partial charge in [0.05, 0.1) is 24.6 Å². The number of benzene rings is 2. The maximum absolute atomic E-state index is 11.1. The number of nitrogens with one attached hydrogen (secondary N) is 1. The van der Waals surface area contributed by atoms with E-state index in [1.807, 2.05) is 35.7 Å². The number of anilines is 1. The number of thiazole rings is 1. The van der Waals surface area contributed by atoms with Crippen LogP contribution in [0.15, 0.2) is 59.0 Å². The van der Waals surface area contributed by atoms with Gasteiger partial charge in [0.15, 0.2) is 0 Å². The van der Waals surface area contributed by atoms with Crippen LogP contribution in [0.3, 0.4) is 0 Å². The molecule has 1 aromatic heterocycles. The summed E-state index contributed by atoms with van der Waals surface area (Å²) in [7, 11) is 1.52. The van der Waals surface area contributed by atoms with Crippen LogP contribution in [0, 0.1) is 0 Å². The van der Waals surface area contributed by atoms with Gasteiger partial charge in [-0.2, -0.15) is 5.10 Å². The maximum Gasteiger partial charge on any atom is 0.335 e. The summed E-state index contributed by atoms with van der Waals surface area (Å²) in [5.41, 5.74) is 5.49. The predicted octanol–water partition coefficient (Wildman–Crippen LogP) is 3.96. The Balaban J connectivity index is 1.74. The normalized spacial score (nSPS) is 10.8. The summed E-state index contributed by atoms with van der Waals surface area (Å²) in [6.45, 7) is 0. The molecule has 0 fully saturated rings. The van der Waals surface area contributed by atoms with E-state index >= 15 is 0 Å². The number of nitrogens with zero attached hydrogens (tertiary/aromatic N) is 2. The number of carbonyl (C=O) groups is 1. The Morgan fingerprint density at radius 1 is 1.28 bits per heavy atom. The van der Waals surface area contributed by atoms with Crippen LogP contribution in [0.5, 0.6) is 5.75 Å². The molecule has 0 atom stereocenters. The van der Waals surface area contributed by atoms with E-state index in [4.69, 9.17) is 9.84 Å². The van der Waals surface area contributed by atoms with Crippen molar-refractivity contribution in [3.05, 3.63) is 65.0 Å². The average Bonchev–Trinajstić information content (AvgIpc) is 3.11. The van der Waals surface area contributed by atoms with Gasteiger partial charge in [-0.05, 0) is 18.2 Å². The Morgan fingerprint density at radius 2 is 2.08 bits per heavy atom. The number of methoxy groups -OCH3 is 1. The number of hydrogen-bond acceptors (Lipinski definition) is 6. The molecular formula is C18H15N3O3S. The summed E-state index contributed by atoms with van der Waals surface area (Å²) >= 11 is 1.44. The predicted molar refractivity (Wildman–Crippen MR) is 98.7 cm³/mol. The van der Waals surface area contributed by atoms with Crippen LogP contribution in [-0.4, -0.2) is 29.4 Å². The molecule has 7 heteroatoms. The first-order valence-corrected chi connectivity index (χ1v) is 8.26. The lowest BCUT2D eigenvalue weighted by atomic mass is 10.1. The topological polar surface area (TPSA) is 83.8 Å². The van der Waals surface area contributed by atoms with Gasteiger partial charge in [-0.15, -0.1) is 11.3 Å². The third-order valence-electron chi connectivity index (χ3n) is 3.41. The number of ether oxygens (including phenoxy) is 1. The minimum absolute atomic E-state index is 0.169. The third kappa shape index (κ3) is 4.02. The van der Waals surface area contributed by atoms with Crippen LogP contribution in [0.1, 0.15) is 15.9 Å². The fraction of sp³-hybridized carbons (Fsp3) is 0.0556. The number of hydrogen-bond donors (Lipinski definition) is 2. The Kier molecular flexibility index (Phi) is 5.06. The first-order chi connectivity index (χ1) is 12.2. The third-order valence-corrected chi connectivity index (χ3v) is 4.16. The number of aromatic carboxylic acids is 1. The van der Waals surface area contributed by atoms with Crippen molar-refractivity contribution < 1.29 is 14.6 Å². The molecule has 1 heterocycles. The highest BCUT2D eigenvalue weighted by molar-refractivity contribution is 7.14. The van der Waals surface area contributed by atoms with E-state index in [1.54, 1.807) is 6.07 Å². The van der Waals surface area contributed by atoms with Gasteiger partial charge >= 0.3 is 5.97 Å². The van der Waals surface area contributed by atoms with Crippen molar-refractivity contribution in [2.75, 3.05) is 12.5 Å². The SMILES string of the molecule is COc1ccc(C(=O)O)cc1C=NNc1nc(-c2ccccc2)cs1. The lowest BCUT2D eigenvalue weighted by Crippen LogP contribution is -2.00. The molecule has 3 rings (SSSR count). The molecule has 0 unspecified atom stereocenters. The molecule has 6 nitrogen and oxygen atoms in total. The van der Waals surface area contributed by atoms with Crippen LogP contribution in [0.25, 0.3) is 11.3 Å². The monoisotopic (exact) mass is 353 g/mol. The number of carboxylic acid groups (broad SMARTS) is 1. The number of aromatic nitrogens is 1. The minimum atomic E-state index is -1.00. The van der Waals surface area contributed by atoms with Gasteiger partial charge in [-0.3, -0.25) is 5.43 Å². The molecule has 0 aliphatic heterocycles. The Morgan fingerprint density at radius 3 is 2.80 bits per heavy atom. The molecule has 0 aliphatic rings. The number of hydrazone groups is 1. The fourth-order valence-electron chi connectivity index (χ4n) is 2.19. The zero-order chi connectivity index (χ0) is 17.6. The highest BCUT2D eigenvalue weighted by Gasteiger charge is 2.08. The van der Waals surface area contributed by atoms with Gasteiger partial charge in [-0.1, -0.05) is 30.3 Å². The Bertz CT molecular complexity index is 907. The van der Waals surface area contributed by atoms with Crippen molar-refractivity contribution in [1.82, 2.24) is 4.98 Å². The first kappa shape index (κ1) is 16.7. The van der Waals surface area contributed by atoms with Gasteiger partial charge in [0.2, 0.25) is 5.13 Å². The Hall–Kier alpha value is -3.19. The molecule has 3 aromatic rings. The molecule has 2 aromatic carbocycles. The molecule has 0 bridgehead atoms. The van der Waals surface area contributed by atoms with E-state index in [2.05, 4.69) is 15.5 Å². The van der Waals surface area contributed by atoms with Crippen LogP contribution in [0.2, 0.25) is 0 Å². The van der Waals surface area contributed by atoms with E-state index in [1.165, 1.54) is 36.8 Å². The van der Waals surface area contributed by atoms with Crippen LogP contribution >= 0.6 is 11.3 Å². The quantitative estimate of drug-likeness (QED) is 0.517. The van der Waals surface area contributed by atoms with Crippen LogP contribution in [-0.2, 0) is 0 Å². The van der Waals surface area contributed by atoms with Crippen molar-refractivity contribution in [3.63, 3.8) is 0 Å². The summed E-state index contributed by atoms with van der Waals surface area (Å²) in [6.07, 6.45) is 1.51. The van der Waals surface area contributed by atoms with Crippen molar-refractivity contribution in [1.29, 1.82) is 0 Å². The van der Waals surface area contributed by atoms with Gasteiger partial charge in [-0.25, -0.2) is 9.78 Å². The zero-order valence-electron chi connectivity index (χ0n) is 13.3. The van der Waals surface area contributed by atoms with Gasteiger partial charge in [0, 0.05) is 16.5 Å². The summed E-state index contributed by atoms with van der Waals surface area (Å²) in [5.74, 6) is -0.461. The van der Waals surface area contributed by atoms with E-state index in [0.717, 1.165) is 11.3 Å². The second-order valence-corrected chi connectivity index (χ2v) is 5.89. The van der Waals surface area contributed by atoms with Gasteiger partial charge in [0.25, 0.3) is 0 Å². The smallest absolute Gasteiger partial charge is 0.335 e. The summed E-state index contributed by atoms with van der Waals surface area (Å²) < 4.78 is 5.22. The van der Waals surface area contributed by atoms with Crippen molar-refractivity contribution in [2.45, 2.75) is 0 Å². The van der Waals surface area contributed by atoms with Crippen LogP contribution in [0.4, 0.5) is 5.13 Å². The lowest BCUT2D eigenvalue weighted by molar-refractivity contribution is 0.0697. The molecule has 0 saturated carbocycles. The minimum Gasteiger partial charge on any atom is -0.496 e. The molecule has 126 valence electrons. The molecule has 0 saturated heterocycles. The second kappa shape index (κ2) is 7.59. The second-order valence-electron chi connectivity index (χ2n) is 5.04. The van der Waals surface area contributed by atoms with Gasteiger partial charge < -0.3 is 9.84 Å². The lowest BCUT2D eigenvalue weighted by Gasteiger charge is -2.05. The van der Waals surface area contributed by atoms with Crippen LogP contribution < -0.4 is 10.2 Å². The van der Waals surface area contributed by atoms with Gasteiger partial charge in [0.1, 0.15) is 5.75 Å². The summed E-state index contributed by atoms with van der Waals surface area (Å²) in [4.78, 5) is 15.5. The molecule has 0 radical (unpaired) electrons. The van der Waals surface area contributed by atoms with E-state index in [-0.39, 0.29) is 5.56 Å². The molecule has 0 aliphatic carbocycles. The molecule has 0 spiro atoms. The fourth-order valence-corrected chi connectivity index (χ4v) is 2.86. The van der Waals surface area contributed by atoms with Crippen molar-refractivity contribution in [2.24, 2.45) is 5.10 Å². The van der Waals surface area contributed by atoms with E-state index < -0.39 is 5.97 Å². The standard InChI is InChI=1S/C18H15N3O3S/c1-24-16-8-7-13(17(22)23)9-14(16)10-19-21-18-20-15(11-25-18)12-5-3-2-4-6-12/h2-11H,1H3,(H,20,21)(H,22,23). The van der Waals surface area contributed by atoms with Crippen molar-refractivity contribution in [3.8, 4) is 17.0 Å². The maximum atomic E-state index is 11.1. The largest absolute Gasteiger partial charge is 0.496 e. The molecule has 0 amide bonds.